The SMILES string of the molecule is CC(C)N(CCO)Cc1ccc(Br)c([N+](=O)[O-])c1. The number of benzene rings is 1. The molecule has 18 heavy (non-hydrogen) atoms. The molecule has 1 N–H and O–H groups in total. The molecule has 0 spiro atoms. The van der Waals surface area contributed by atoms with E-state index in [4.69, 9.17) is 5.11 Å². The summed E-state index contributed by atoms with van der Waals surface area (Å²) in [4.78, 5) is 12.5. The average Bonchev–Trinajstić information content (AvgIpc) is 2.30. The van der Waals surface area contributed by atoms with Gasteiger partial charge in [-0.15, -0.1) is 0 Å². The molecule has 0 aliphatic rings. The first kappa shape index (κ1) is 15.1. The zero-order valence-electron chi connectivity index (χ0n) is 10.5. The second-order valence-electron chi connectivity index (χ2n) is 4.33. The van der Waals surface area contributed by atoms with Crippen LogP contribution in [0, 0.1) is 10.1 Å². The minimum Gasteiger partial charge on any atom is -0.395 e. The Bertz CT molecular complexity index is 424. The summed E-state index contributed by atoms with van der Waals surface area (Å²) in [6.45, 7) is 5.29. The molecule has 0 bridgehead atoms. The van der Waals surface area contributed by atoms with Crippen LogP contribution in [0.4, 0.5) is 5.69 Å². The maximum atomic E-state index is 10.8. The number of nitro groups is 1. The van der Waals surface area contributed by atoms with Crippen molar-refractivity contribution >= 4 is 21.6 Å². The first-order chi connectivity index (χ1) is 8.45. The zero-order chi connectivity index (χ0) is 13.7. The van der Waals surface area contributed by atoms with Crippen LogP contribution >= 0.6 is 15.9 Å². The van der Waals surface area contributed by atoms with E-state index in [1.165, 1.54) is 0 Å². The van der Waals surface area contributed by atoms with Crippen LogP contribution in [0.3, 0.4) is 0 Å². The highest BCUT2D eigenvalue weighted by Gasteiger charge is 2.15. The van der Waals surface area contributed by atoms with Gasteiger partial charge < -0.3 is 5.11 Å². The Morgan fingerprint density at radius 3 is 2.67 bits per heavy atom. The number of rotatable bonds is 6. The highest BCUT2D eigenvalue weighted by atomic mass is 79.9. The van der Waals surface area contributed by atoms with E-state index < -0.39 is 4.92 Å². The fourth-order valence-corrected chi connectivity index (χ4v) is 2.07. The summed E-state index contributed by atoms with van der Waals surface area (Å²) in [6, 6.07) is 5.38. The van der Waals surface area contributed by atoms with Crippen molar-refractivity contribution < 1.29 is 10.0 Å². The molecule has 0 unspecified atom stereocenters. The number of aliphatic hydroxyl groups excluding tert-OH is 1. The summed E-state index contributed by atoms with van der Waals surface area (Å²) in [5, 5.41) is 19.8. The molecular weight excluding hydrogens is 300 g/mol. The Balaban J connectivity index is 2.89. The molecule has 0 saturated carbocycles. The lowest BCUT2D eigenvalue weighted by Gasteiger charge is -2.25. The van der Waals surface area contributed by atoms with Gasteiger partial charge in [0, 0.05) is 25.2 Å². The van der Waals surface area contributed by atoms with Crippen LogP contribution < -0.4 is 0 Å². The minimum atomic E-state index is -0.403. The van der Waals surface area contributed by atoms with Gasteiger partial charge in [-0.25, -0.2) is 0 Å². The van der Waals surface area contributed by atoms with Crippen molar-refractivity contribution in [2.45, 2.75) is 26.4 Å². The van der Waals surface area contributed by atoms with Gasteiger partial charge in [0.1, 0.15) is 0 Å². The van der Waals surface area contributed by atoms with Crippen molar-refractivity contribution in [2.24, 2.45) is 0 Å². The van der Waals surface area contributed by atoms with E-state index in [1.807, 2.05) is 19.9 Å². The summed E-state index contributed by atoms with van der Waals surface area (Å²) < 4.78 is 0.481. The van der Waals surface area contributed by atoms with Crippen LogP contribution in [0.15, 0.2) is 22.7 Å². The smallest absolute Gasteiger partial charge is 0.283 e. The van der Waals surface area contributed by atoms with E-state index in [-0.39, 0.29) is 18.3 Å². The second kappa shape index (κ2) is 6.82. The van der Waals surface area contributed by atoms with Crippen molar-refractivity contribution in [1.29, 1.82) is 0 Å². The topological polar surface area (TPSA) is 66.6 Å². The Morgan fingerprint density at radius 2 is 2.17 bits per heavy atom. The van der Waals surface area contributed by atoms with Crippen molar-refractivity contribution in [2.75, 3.05) is 13.2 Å². The molecule has 0 atom stereocenters. The monoisotopic (exact) mass is 316 g/mol. The molecule has 0 fully saturated rings. The van der Waals surface area contributed by atoms with Crippen molar-refractivity contribution in [3.8, 4) is 0 Å². The van der Waals surface area contributed by atoms with Gasteiger partial charge in [-0.05, 0) is 41.4 Å². The summed E-state index contributed by atoms with van der Waals surface area (Å²) >= 11 is 3.16. The Morgan fingerprint density at radius 1 is 1.50 bits per heavy atom. The lowest BCUT2D eigenvalue weighted by molar-refractivity contribution is -0.385. The van der Waals surface area contributed by atoms with E-state index in [2.05, 4.69) is 20.8 Å². The largest absolute Gasteiger partial charge is 0.395 e. The Hall–Kier alpha value is -0.980. The second-order valence-corrected chi connectivity index (χ2v) is 5.19. The van der Waals surface area contributed by atoms with Crippen molar-refractivity contribution in [1.82, 2.24) is 4.90 Å². The Labute approximate surface area is 115 Å². The standard InChI is InChI=1S/C12H17BrN2O3/c1-9(2)14(5-6-16)8-10-3-4-11(13)12(7-10)15(17)18/h3-4,7,9,16H,5-6,8H2,1-2H3. The molecule has 5 nitrogen and oxygen atoms in total. The molecular formula is C12H17BrN2O3. The van der Waals surface area contributed by atoms with Crippen LogP contribution in [-0.2, 0) is 6.54 Å². The summed E-state index contributed by atoms with van der Waals surface area (Å²) in [7, 11) is 0. The summed E-state index contributed by atoms with van der Waals surface area (Å²) in [6.07, 6.45) is 0. The van der Waals surface area contributed by atoms with E-state index in [0.29, 0.717) is 17.6 Å². The van der Waals surface area contributed by atoms with Crippen LogP contribution in [0.5, 0.6) is 0 Å². The maximum Gasteiger partial charge on any atom is 0.283 e. The van der Waals surface area contributed by atoms with Gasteiger partial charge in [0.2, 0.25) is 0 Å². The number of nitrogens with zero attached hydrogens (tertiary/aromatic N) is 2. The zero-order valence-corrected chi connectivity index (χ0v) is 12.1. The molecule has 0 heterocycles. The molecule has 6 heteroatoms. The minimum absolute atomic E-state index is 0.0696. The average molecular weight is 317 g/mol. The quantitative estimate of drug-likeness (QED) is 0.647. The van der Waals surface area contributed by atoms with E-state index >= 15 is 0 Å². The third kappa shape index (κ3) is 4.04. The number of aliphatic hydroxyl groups is 1. The molecule has 1 aromatic rings. The maximum absolute atomic E-state index is 10.8. The van der Waals surface area contributed by atoms with Gasteiger partial charge in [-0.3, -0.25) is 15.0 Å². The van der Waals surface area contributed by atoms with E-state index in [9.17, 15) is 10.1 Å². The van der Waals surface area contributed by atoms with Crippen LogP contribution in [0.25, 0.3) is 0 Å². The third-order valence-corrected chi connectivity index (χ3v) is 3.38. The summed E-state index contributed by atoms with van der Waals surface area (Å²) in [5.41, 5.74) is 0.937. The lowest BCUT2D eigenvalue weighted by Crippen LogP contribution is -2.32. The van der Waals surface area contributed by atoms with Crippen molar-refractivity contribution in [3.63, 3.8) is 0 Å². The molecule has 0 radical (unpaired) electrons. The molecule has 1 aromatic carbocycles. The fourth-order valence-electron chi connectivity index (χ4n) is 1.68. The number of hydrogen-bond acceptors (Lipinski definition) is 4. The Kier molecular flexibility index (Phi) is 5.71. The molecule has 0 aliphatic carbocycles. The van der Waals surface area contributed by atoms with Gasteiger partial charge in [0.05, 0.1) is 16.0 Å². The van der Waals surface area contributed by atoms with Gasteiger partial charge in [0.15, 0.2) is 0 Å². The van der Waals surface area contributed by atoms with Gasteiger partial charge in [0.25, 0.3) is 5.69 Å². The van der Waals surface area contributed by atoms with Crippen molar-refractivity contribution in [3.05, 3.63) is 38.3 Å². The number of nitro benzene ring substituents is 1. The van der Waals surface area contributed by atoms with E-state index in [0.717, 1.165) is 5.56 Å². The highest BCUT2D eigenvalue weighted by molar-refractivity contribution is 9.10. The van der Waals surface area contributed by atoms with Crippen LogP contribution in [0.1, 0.15) is 19.4 Å². The first-order valence-corrected chi connectivity index (χ1v) is 6.52. The predicted octanol–water partition coefficient (Wildman–Crippen LogP) is 2.56. The van der Waals surface area contributed by atoms with Gasteiger partial charge >= 0.3 is 0 Å². The predicted molar refractivity (Wildman–Crippen MR) is 73.4 cm³/mol. The molecule has 1 rings (SSSR count). The van der Waals surface area contributed by atoms with Crippen LogP contribution in [-0.4, -0.2) is 34.1 Å². The van der Waals surface area contributed by atoms with Crippen LogP contribution in [0.2, 0.25) is 0 Å². The first-order valence-electron chi connectivity index (χ1n) is 5.73. The highest BCUT2D eigenvalue weighted by Crippen LogP contribution is 2.26. The molecule has 0 saturated heterocycles. The molecule has 0 aromatic heterocycles. The van der Waals surface area contributed by atoms with Gasteiger partial charge in [-0.2, -0.15) is 0 Å². The fraction of sp³-hybridized carbons (Fsp3) is 0.500. The molecule has 0 aliphatic heterocycles. The molecule has 0 amide bonds. The lowest BCUT2D eigenvalue weighted by atomic mass is 10.1. The van der Waals surface area contributed by atoms with Gasteiger partial charge in [-0.1, -0.05) is 6.07 Å². The number of halogens is 1. The molecule has 100 valence electrons. The normalized spacial score (nSPS) is 11.2. The third-order valence-electron chi connectivity index (χ3n) is 2.71. The summed E-state index contributed by atoms with van der Waals surface area (Å²) in [5.74, 6) is 0. The van der Waals surface area contributed by atoms with E-state index in [1.54, 1.807) is 12.1 Å². The number of hydrogen-bond donors (Lipinski definition) is 1.